The van der Waals surface area contributed by atoms with Crippen molar-refractivity contribution in [2.45, 2.75) is 24.9 Å². The normalized spacial score (nSPS) is 10.6. The van der Waals surface area contributed by atoms with Crippen LogP contribution in [0.5, 0.6) is 11.5 Å². The number of benzene rings is 3. The van der Waals surface area contributed by atoms with E-state index in [-0.39, 0.29) is 20.5 Å². The van der Waals surface area contributed by atoms with Crippen molar-refractivity contribution in [2.24, 2.45) is 7.05 Å². The van der Waals surface area contributed by atoms with Crippen molar-refractivity contribution in [3.05, 3.63) is 136 Å². The first kappa shape index (κ1) is 42.0. The summed E-state index contributed by atoms with van der Waals surface area (Å²) >= 11 is 14.2. The molecule has 3 aromatic carbocycles. The number of methoxy groups -OCH3 is 2. The highest BCUT2D eigenvalue weighted by atomic mass is 79.9. The fourth-order valence-corrected chi connectivity index (χ4v) is 7.31. The van der Waals surface area contributed by atoms with E-state index in [0.717, 1.165) is 68.6 Å². The van der Waals surface area contributed by atoms with Crippen LogP contribution in [-0.2, 0) is 7.05 Å². The van der Waals surface area contributed by atoms with Gasteiger partial charge in [0, 0.05) is 79.2 Å². The zero-order valence-corrected chi connectivity index (χ0v) is 33.5. The van der Waals surface area contributed by atoms with Crippen LogP contribution in [0.3, 0.4) is 0 Å². The van der Waals surface area contributed by atoms with Crippen molar-refractivity contribution < 1.29 is 13.9 Å². The van der Waals surface area contributed by atoms with Crippen LogP contribution in [0.1, 0.15) is 14.9 Å². The summed E-state index contributed by atoms with van der Waals surface area (Å²) in [4.78, 5) is 13.7. The van der Waals surface area contributed by atoms with Gasteiger partial charge < -0.3 is 9.47 Å². The van der Waals surface area contributed by atoms with Gasteiger partial charge in [-0.25, -0.2) is 4.39 Å². The van der Waals surface area contributed by atoms with E-state index in [4.69, 9.17) is 21.1 Å². The summed E-state index contributed by atoms with van der Waals surface area (Å²) in [6.45, 7) is 0. The minimum atomic E-state index is -0.435. The zero-order valence-electron chi connectivity index (χ0n) is 28.8. The van der Waals surface area contributed by atoms with Gasteiger partial charge >= 0.3 is 0 Å². The summed E-state index contributed by atoms with van der Waals surface area (Å²) in [5.41, 5.74) is 4.41. The van der Waals surface area contributed by atoms with Crippen molar-refractivity contribution in [1.29, 1.82) is 0 Å². The Morgan fingerprint density at radius 2 is 1.25 bits per heavy atom. The lowest BCUT2D eigenvalue weighted by Gasteiger charge is -2.07. The Labute approximate surface area is 349 Å². The lowest BCUT2D eigenvalue weighted by Crippen LogP contribution is -1.93. The molecule has 0 saturated heterocycles. The van der Waals surface area contributed by atoms with Gasteiger partial charge in [-0.3, -0.25) is 24.0 Å². The Bertz CT molecular complexity index is 2780. The fourth-order valence-electron chi connectivity index (χ4n) is 5.53. The molecule has 0 spiro atoms. The summed E-state index contributed by atoms with van der Waals surface area (Å²) in [6, 6.07) is 24.5. The quantitative estimate of drug-likeness (QED) is 0.167. The molecule has 9 aromatic rings. The number of hydrogen-bond acceptors (Lipinski definition) is 9. The predicted molar refractivity (Wildman–Crippen MR) is 231 cm³/mol. The maximum atomic E-state index is 14.6. The first-order chi connectivity index (χ1) is 26.2. The van der Waals surface area contributed by atoms with E-state index in [1.54, 1.807) is 54.2 Å². The molecule has 9 rings (SSSR count). The van der Waals surface area contributed by atoms with Gasteiger partial charge in [-0.1, -0.05) is 58.3 Å². The summed E-state index contributed by atoms with van der Waals surface area (Å²) in [7, 11) is 5.11. The number of aromatic nitrogens is 8. The van der Waals surface area contributed by atoms with Gasteiger partial charge in [-0.15, -0.1) is 10.2 Å². The molecule has 6 aromatic heterocycles. The van der Waals surface area contributed by atoms with Gasteiger partial charge in [-0.05, 0) is 90.6 Å². The third-order valence-electron chi connectivity index (χ3n) is 8.10. The molecule has 286 valence electrons. The number of pyridine rings is 4. The van der Waals surface area contributed by atoms with Crippen molar-refractivity contribution in [2.75, 3.05) is 14.2 Å². The number of ether oxygens (including phenoxy) is 2. The van der Waals surface area contributed by atoms with E-state index in [0.29, 0.717) is 10.7 Å². The first-order valence-corrected chi connectivity index (χ1v) is 18.9. The minimum absolute atomic E-state index is 0. The Balaban J connectivity index is 0.000000184. The Morgan fingerprint density at radius 1 is 0.679 bits per heavy atom. The topological polar surface area (TPSA) is 105 Å². The molecule has 0 bridgehead atoms. The molecular formula is C41H36Br2ClFN8O2S. The highest BCUT2D eigenvalue weighted by Crippen LogP contribution is 2.33. The third-order valence-corrected chi connectivity index (χ3v) is 10.4. The second kappa shape index (κ2) is 18.7. The number of aryl methyl sites for hydroxylation is 1. The SMILES string of the molecule is C.C.COc1ccnc2ccc(Br)cc12.COc1ccnc2ccc(Sc3nnc4c(F)cc(-c5cnn(C)c5)cn34)cc12.Clc1ccnc2ccc(Br)cc12. The van der Waals surface area contributed by atoms with Gasteiger partial charge in [-0.2, -0.15) is 5.10 Å². The number of nitrogens with zero attached hydrogens (tertiary/aromatic N) is 8. The van der Waals surface area contributed by atoms with Crippen molar-refractivity contribution >= 4 is 93.6 Å². The molecule has 0 saturated carbocycles. The van der Waals surface area contributed by atoms with Crippen LogP contribution in [0.2, 0.25) is 5.02 Å². The lowest BCUT2D eigenvalue weighted by atomic mass is 10.1. The van der Waals surface area contributed by atoms with E-state index in [9.17, 15) is 4.39 Å². The van der Waals surface area contributed by atoms with Crippen molar-refractivity contribution in [3.8, 4) is 22.6 Å². The fraction of sp³-hybridized carbons (Fsp3) is 0.122. The van der Waals surface area contributed by atoms with Crippen LogP contribution in [0.15, 0.2) is 135 Å². The molecule has 6 heterocycles. The van der Waals surface area contributed by atoms with Gasteiger partial charge in [0.1, 0.15) is 11.5 Å². The molecule has 0 N–H and O–H groups in total. The largest absolute Gasteiger partial charge is 0.496 e. The second-order valence-corrected chi connectivity index (χ2v) is 14.9. The van der Waals surface area contributed by atoms with Gasteiger partial charge in [0.05, 0.1) is 42.0 Å². The van der Waals surface area contributed by atoms with E-state index in [1.165, 1.54) is 17.8 Å². The van der Waals surface area contributed by atoms with Crippen molar-refractivity contribution in [3.63, 3.8) is 0 Å². The molecule has 0 aliphatic rings. The smallest absolute Gasteiger partial charge is 0.200 e. The monoisotopic (exact) mass is 916 g/mol. The first-order valence-electron chi connectivity index (χ1n) is 16.1. The summed E-state index contributed by atoms with van der Waals surface area (Å²) in [5, 5.41) is 16.6. The Morgan fingerprint density at radius 3 is 1.86 bits per heavy atom. The molecule has 0 atom stereocenters. The number of fused-ring (bicyclic) bond motifs is 4. The van der Waals surface area contributed by atoms with E-state index >= 15 is 0 Å². The van der Waals surface area contributed by atoms with Crippen molar-refractivity contribution in [1.82, 2.24) is 39.3 Å². The molecular weight excluding hydrogens is 883 g/mol. The highest BCUT2D eigenvalue weighted by molar-refractivity contribution is 9.10. The maximum absolute atomic E-state index is 14.6. The minimum Gasteiger partial charge on any atom is -0.496 e. The molecule has 0 amide bonds. The van der Waals surface area contributed by atoms with Crippen LogP contribution >= 0.6 is 55.2 Å². The number of halogens is 4. The van der Waals surface area contributed by atoms with Crippen LogP contribution in [-0.4, -0.2) is 53.6 Å². The zero-order chi connectivity index (χ0) is 37.8. The predicted octanol–water partition coefficient (Wildman–Crippen LogP) is 11.9. The molecule has 0 unspecified atom stereocenters. The van der Waals surface area contributed by atoms with Crippen LogP contribution in [0.25, 0.3) is 49.5 Å². The standard InChI is InChI=1S/C20H15FN6OS.C10H8BrNO.C9H5BrClN.2CH4/c1-26-10-13(9-23-26)12-7-16(21)19-24-25-20(27(19)11-12)29-14-3-4-17-15(8-14)18(28-2)5-6-22-17;1-13-10-4-5-12-9-3-2-7(11)6-8(9)10;10-6-1-2-9-7(5-6)8(11)3-4-12-9;;/h3-11H,1-2H3;2-6H,1H3;1-5H;2*1H4. The molecule has 10 nitrogen and oxygen atoms in total. The van der Waals surface area contributed by atoms with E-state index < -0.39 is 5.82 Å². The van der Waals surface area contributed by atoms with Gasteiger partial charge in [0.15, 0.2) is 11.5 Å². The van der Waals surface area contributed by atoms with Gasteiger partial charge in [0.2, 0.25) is 5.16 Å². The summed E-state index contributed by atoms with van der Waals surface area (Å²) < 4.78 is 30.7. The number of hydrogen-bond donors (Lipinski definition) is 0. The lowest BCUT2D eigenvalue weighted by molar-refractivity contribution is 0.419. The summed E-state index contributed by atoms with van der Waals surface area (Å²) in [6.07, 6.45) is 10.5. The van der Waals surface area contributed by atoms with Crippen LogP contribution in [0, 0.1) is 5.82 Å². The van der Waals surface area contributed by atoms with E-state index in [2.05, 4.69) is 62.1 Å². The molecule has 15 heteroatoms. The molecule has 0 aliphatic heterocycles. The highest BCUT2D eigenvalue weighted by Gasteiger charge is 2.15. The van der Waals surface area contributed by atoms with Crippen LogP contribution in [0.4, 0.5) is 4.39 Å². The molecule has 0 radical (unpaired) electrons. The summed E-state index contributed by atoms with van der Waals surface area (Å²) in [5.74, 6) is 1.16. The average molecular weight is 919 g/mol. The average Bonchev–Trinajstić information content (AvgIpc) is 3.81. The Kier molecular flexibility index (Phi) is 14.0. The molecule has 0 aliphatic carbocycles. The molecule has 56 heavy (non-hydrogen) atoms. The second-order valence-electron chi connectivity index (χ2n) is 11.6. The third kappa shape index (κ3) is 9.27. The number of rotatable bonds is 5. The van der Waals surface area contributed by atoms with E-state index in [1.807, 2.05) is 86.2 Å². The molecule has 0 fully saturated rings. The maximum Gasteiger partial charge on any atom is 0.200 e. The Hall–Kier alpha value is -5.15. The van der Waals surface area contributed by atoms with Gasteiger partial charge in [0.25, 0.3) is 0 Å². The van der Waals surface area contributed by atoms with Crippen LogP contribution < -0.4 is 9.47 Å².